The van der Waals surface area contributed by atoms with E-state index >= 15 is 0 Å². The van der Waals surface area contributed by atoms with Gasteiger partial charge in [0.15, 0.2) is 0 Å². The molecule has 0 radical (unpaired) electrons. The van der Waals surface area contributed by atoms with Crippen molar-refractivity contribution in [1.82, 2.24) is 10.3 Å². The number of hydrogen-bond acceptors (Lipinski definition) is 3. The van der Waals surface area contributed by atoms with E-state index in [-0.39, 0.29) is 5.91 Å². The van der Waals surface area contributed by atoms with E-state index in [4.69, 9.17) is 4.74 Å². The number of ether oxygens (including phenoxy) is 1. The maximum absolute atomic E-state index is 12.4. The first-order valence-corrected chi connectivity index (χ1v) is 8.49. The molecule has 0 aliphatic heterocycles. The zero-order valence-electron chi connectivity index (χ0n) is 13.6. The molecule has 4 nitrogen and oxygen atoms in total. The summed E-state index contributed by atoms with van der Waals surface area (Å²) >= 11 is 0. The van der Waals surface area contributed by atoms with Gasteiger partial charge >= 0.3 is 0 Å². The van der Waals surface area contributed by atoms with Crippen LogP contribution >= 0.6 is 0 Å². The van der Waals surface area contributed by atoms with E-state index in [1.807, 2.05) is 30.3 Å². The van der Waals surface area contributed by atoms with Gasteiger partial charge in [0, 0.05) is 23.7 Å². The van der Waals surface area contributed by atoms with Gasteiger partial charge in [-0.15, -0.1) is 0 Å². The van der Waals surface area contributed by atoms with E-state index in [0.29, 0.717) is 30.7 Å². The fraction of sp³-hybridized carbons (Fsp3) is 0.474. The topological polar surface area (TPSA) is 51.2 Å². The fourth-order valence-corrected chi connectivity index (χ4v) is 3.30. The number of fused-ring (bicyclic) bond motifs is 1. The second-order valence-corrected chi connectivity index (χ2v) is 6.30. The van der Waals surface area contributed by atoms with Gasteiger partial charge in [0.2, 0.25) is 0 Å². The molecule has 1 N–H and O–H groups in total. The van der Waals surface area contributed by atoms with Crippen LogP contribution in [0.25, 0.3) is 10.9 Å². The minimum atomic E-state index is -0.0658. The van der Waals surface area contributed by atoms with E-state index < -0.39 is 0 Å². The Morgan fingerprint density at radius 3 is 3.00 bits per heavy atom. The van der Waals surface area contributed by atoms with Crippen LogP contribution in [0.15, 0.2) is 36.5 Å². The Bertz CT molecular complexity index is 666. The first-order valence-electron chi connectivity index (χ1n) is 8.49. The van der Waals surface area contributed by atoms with Crippen LogP contribution in [0.4, 0.5) is 0 Å². The quantitative estimate of drug-likeness (QED) is 0.859. The third-order valence-corrected chi connectivity index (χ3v) is 4.64. The Morgan fingerprint density at radius 2 is 2.13 bits per heavy atom. The van der Waals surface area contributed by atoms with Crippen LogP contribution in [0.1, 0.15) is 43.0 Å². The van der Waals surface area contributed by atoms with Gasteiger partial charge < -0.3 is 10.1 Å². The van der Waals surface area contributed by atoms with Crippen molar-refractivity contribution in [2.24, 2.45) is 5.92 Å². The number of nitrogens with one attached hydrogen (secondary N) is 1. The summed E-state index contributed by atoms with van der Waals surface area (Å²) in [4.78, 5) is 16.7. The number of benzene rings is 1. The number of hydrogen-bond donors (Lipinski definition) is 1. The number of aromatic nitrogens is 1. The van der Waals surface area contributed by atoms with Crippen LogP contribution in [-0.2, 0) is 4.74 Å². The van der Waals surface area contributed by atoms with Crippen LogP contribution < -0.4 is 5.32 Å². The smallest absolute Gasteiger partial charge is 0.252 e. The summed E-state index contributed by atoms with van der Waals surface area (Å²) in [5, 5.41) is 3.84. The van der Waals surface area contributed by atoms with Gasteiger partial charge in [-0.25, -0.2) is 0 Å². The third-order valence-electron chi connectivity index (χ3n) is 4.64. The van der Waals surface area contributed by atoms with Gasteiger partial charge in [-0.1, -0.05) is 31.9 Å². The summed E-state index contributed by atoms with van der Waals surface area (Å²) in [5.74, 6) is 0.562. The van der Waals surface area contributed by atoms with Crippen LogP contribution in [0, 0.1) is 5.92 Å². The molecular weight excluding hydrogens is 288 g/mol. The van der Waals surface area contributed by atoms with E-state index in [1.165, 1.54) is 19.3 Å². The van der Waals surface area contributed by atoms with Crippen molar-refractivity contribution in [2.45, 2.75) is 38.7 Å². The van der Waals surface area contributed by atoms with E-state index in [1.54, 1.807) is 6.20 Å². The average Bonchev–Trinajstić information content (AvgIpc) is 2.59. The molecule has 122 valence electrons. The summed E-state index contributed by atoms with van der Waals surface area (Å²) in [7, 11) is 0. The maximum atomic E-state index is 12.4. The van der Waals surface area contributed by atoms with Gasteiger partial charge in [-0.2, -0.15) is 0 Å². The van der Waals surface area contributed by atoms with E-state index in [2.05, 4.69) is 17.2 Å². The fourth-order valence-electron chi connectivity index (χ4n) is 3.30. The van der Waals surface area contributed by atoms with Crippen molar-refractivity contribution < 1.29 is 9.53 Å². The summed E-state index contributed by atoms with van der Waals surface area (Å²) < 4.78 is 5.94. The lowest BCUT2D eigenvalue weighted by Crippen LogP contribution is -2.31. The summed E-state index contributed by atoms with van der Waals surface area (Å²) in [5.41, 5.74) is 1.51. The maximum Gasteiger partial charge on any atom is 0.252 e. The predicted molar refractivity (Wildman–Crippen MR) is 91.4 cm³/mol. The lowest BCUT2D eigenvalue weighted by molar-refractivity contribution is -0.00293. The number of carbonyl (C=O) groups is 1. The minimum Gasteiger partial charge on any atom is -0.376 e. The van der Waals surface area contributed by atoms with Gasteiger partial charge in [-0.3, -0.25) is 9.78 Å². The number of nitrogens with zero attached hydrogens (tertiary/aromatic N) is 1. The monoisotopic (exact) mass is 312 g/mol. The highest BCUT2D eigenvalue weighted by Gasteiger charge is 2.21. The van der Waals surface area contributed by atoms with Crippen molar-refractivity contribution in [1.29, 1.82) is 0 Å². The molecule has 2 aromatic rings. The molecule has 1 aliphatic carbocycles. The second-order valence-electron chi connectivity index (χ2n) is 6.30. The number of rotatable bonds is 5. The minimum absolute atomic E-state index is 0.0658. The number of carbonyl (C=O) groups excluding carboxylic acids is 1. The van der Waals surface area contributed by atoms with Crippen LogP contribution in [0.5, 0.6) is 0 Å². The van der Waals surface area contributed by atoms with Crippen LogP contribution in [0.3, 0.4) is 0 Å². The highest BCUT2D eigenvalue weighted by molar-refractivity contribution is 6.06. The second kappa shape index (κ2) is 7.55. The molecule has 0 unspecified atom stereocenters. The van der Waals surface area contributed by atoms with Crippen molar-refractivity contribution in [3.8, 4) is 0 Å². The molecule has 2 atom stereocenters. The Morgan fingerprint density at radius 1 is 1.26 bits per heavy atom. The SMILES string of the molecule is C[C@@H]1CCCC[C@H]1OCCNC(=O)c1cccc2ncccc12. The van der Waals surface area contributed by atoms with Crippen molar-refractivity contribution in [2.75, 3.05) is 13.2 Å². The number of amides is 1. The molecule has 3 rings (SSSR count). The Hall–Kier alpha value is -1.94. The average molecular weight is 312 g/mol. The normalized spacial score (nSPS) is 21.3. The molecule has 1 aliphatic rings. The molecule has 1 saturated carbocycles. The Balaban J connectivity index is 1.53. The van der Waals surface area contributed by atoms with Gasteiger partial charge in [0.25, 0.3) is 5.91 Å². The predicted octanol–water partition coefficient (Wildman–Crippen LogP) is 3.56. The zero-order valence-corrected chi connectivity index (χ0v) is 13.6. The summed E-state index contributed by atoms with van der Waals surface area (Å²) in [6.07, 6.45) is 7.05. The molecule has 1 amide bonds. The lowest BCUT2D eigenvalue weighted by Gasteiger charge is -2.28. The van der Waals surface area contributed by atoms with Crippen LogP contribution in [0.2, 0.25) is 0 Å². The zero-order chi connectivity index (χ0) is 16.1. The summed E-state index contributed by atoms with van der Waals surface area (Å²) in [6, 6.07) is 9.40. The van der Waals surface area contributed by atoms with Gasteiger partial charge in [0.05, 0.1) is 18.2 Å². The molecule has 1 fully saturated rings. The largest absolute Gasteiger partial charge is 0.376 e. The van der Waals surface area contributed by atoms with Crippen molar-refractivity contribution in [3.05, 3.63) is 42.1 Å². The molecule has 4 heteroatoms. The Labute approximate surface area is 137 Å². The third kappa shape index (κ3) is 3.88. The molecule has 1 aromatic carbocycles. The van der Waals surface area contributed by atoms with Crippen molar-refractivity contribution in [3.63, 3.8) is 0 Å². The first-order chi connectivity index (χ1) is 11.3. The molecule has 23 heavy (non-hydrogen) atoms. The highest BCUT2D eigenvalue weighted by atomic mass is 16.5. The summed E-state index contributed by atoms with van der Waals surface area (Å²) in [6.45, 7) is 3.37. The molecule has 0 saturated heterocycles. The number of pyridine rings is 1. The van der Waals surface area contributed by atoms with Crippen LogP contribution in [-0.4, -0.2) is 30.1 Å². The van der Waals surface area contributed by atoms with Crippen molar-refractivity contribution >= 4 is 16.8 Å². The molecule has 1 aromatic heterocycles. The Kier molecular flexibility index (Phi) is 5.23. The molecule has 0 bridgehead atoms. The van der Waals surface area contributed by atoms with Gasteiger partial charge in [0.1, 0.15) is 0 Å². The lowest BCUT2D eigenvalue weighted by atomic mass is 9.88. The molecular formula is C19H24N2O2. The highest BCUT2D eigenvalue weighted by Crippen LogP contribution is 2.26. The van der Waals surface area contributed by atoms with Gasteiger partial charge in [-0.05, 0) is 37.0 Å². The van der Waals surface area contributed by atoms with E-state index in [9.17, 15) is 4.79 Å². The standard InChI is InChI=1S/C19H24N2O2/c1-14-6-2-3-10-18(14)23-13-12-21-19(22)16-7-4-9-17-15(16)8-5-11-20-17/h4-5,7-9,11,14,18H,2-3,6,10,12-13H2,1H3,(H,21,22)/t14-,18-/m1/s1. The molecule has 1 heterocycles. The molecule has 0 spiro atoms. The first kappa shape index (κ1) is 15.9. The van der Waals surface area contributed by atoms with E-state index in [0.717, 1.165) is 17.3 Å².